The largest absolute Gasteiger partial charge is 0.460 e. The Morgan fingerprint density at radius 2 is 1.77 bits per heavy atom. The van der Waals surface area contributed by atoms with Gasteiger partial charge < -0.3 is 24.7 Å². The highest BCUT2D eigenvalue weighted by molar-refractivity contribution is 5.71. The summed E-state index contributed by atoms with van der Waals surface area (Å²) in [5.41, 5.74) is 1.83. The van der Waals surface area contributed by atoms with Gasteiger partial charge in [-0.05, 0) is 102 Å². The Morgan fingerprint density at radius 1 is 1.05 bits per heavy atom. The third kappa shape index (κ3) is 7.31. The molecule has 1 aromatic heterocycles. The molecule has 0 unspecified atom stereocenters. The van der Waals surface area contributed by atoms with Crippen molar-refractivity contribution in [3.05, 3.63) is 47.4 Å². The van der Waals surface area contributed by atoms with Crippen molar-refractivity contribution in [1.82, 2.24) is 14.9 Å². The van der Waals surface area contributed by atoms with Crippen LogP contribution in [0.15, 0.2) is 30.5 Å². The summed E-state index contributed by atoms with van der Waals surface area (Å²) >= 11 is 0. The molecule has 3 aliphatic rings. The SMILES string of the molecule is [C-]#[N+]c1ncc(N2CCC[C@@H](CC(=O)OC(C)(C)C)C2)nc1Nc1ccc(C2CCN(C3CCCC3)CC2)cc1. The van der Waals surface area contributed by atoms with Crippen molar-refractivity contribution in [3.8, 4) is 0 Å². The van der Waals surface area contributed by atoms with Gasteiger partial charge >= 0.3 is 11.8 Å². The van der Waals surface area contributed by atoms with Crippen molar-refractivity contribution < 1.29 is 9.53 Å². The third-order valence-electron chi connectivity index (χ3n) is 8.58. The predicted molar refractivity (Wildman–Crippen MR) is 159 cm³/mol. The van der Waals surface area contributed by atoms with Crippen molar-refractivity contribution in [2.45, 2.75) is 96.1 Å². The number of rotatable bonds is 7. The molecule has 0 spiro atoms. The van der Waals surface area contributed by atoms with Crippen molar-refractivity contribution in [3.63, 3.8) is 0 Å². The highest BCUT2D eigenvalue weighted by Crippen LogP contribution is 2.34. The molecule has 40 heavy (non-hydrogen) atoms. The Morgan fingerprint density at radius 3 is 2.45 bits per heavy atom. The molecule has 1 aromatic carbocycles. The number of carbonyl (C=O) groups is 1. The Labute approximate surface area is 239 Å². The molecule has 2 aliphatic heterocycles. The standard InChI is InChI=1S/C32H44N6O2/c1-32(2,3)40-29(39)20-23-8-7-17-38(22-23)28-21-34-30(33-4)31(36-28)35-26-13-11-24(12-14-26)25-15-18-37(19-16-25)27-9-5-6-10-27/h11-14,21,23,25,27H,5-10,15-20,22H2,1-3H3,(H,35,36)/t23-/m0/s1. The number of ether oxygens (including phenoxy) is 1. The smallest absolute Gasteiger partial charge is 0.312 e. The molecule has 8 heteroatoms. The lowest BCUT2D eigenvalue weighted by atomic mass is 9.88. The number of anilines is 3. The molecule has 1 atom stereocenters. The molecule has 214 valence electrons. The molecule has 1 N–H and O–H groups in total. The van der Waals surface area contributed by atoms with Gasteiger partial charge in [0.15, 0.2) is 17.8 Å². The van der Waals surface area contributed by atoms with E-state index in [2.05, 4.69) is 49.2 Å². The summed E-state index contributed by atoms with van der Waals surface area (Å²) < 4.78 is 5.54. The number of nitrogens with zero attached hydrogens (tertiary/aromatic N) is 5. The van der Waals surface area contributed by atoms with Gasteiger partial charge in [-0.15, -0.1) is 4.98 Å². The summed E-state index contributed by atoms with van der Waals surface area (Å²) in [5, 5.41) is 3.35. The maximum Gasteiger partial charge on any atom is 0.312 e. The number of hydrogen-bond acceptors (Lipinski definition) is 7. The lowest BCUT2D eigenvalue weighted by molar-refractivity contribution is -0.156. The Bertz CT molecular complexity index is 1190. The molecule has 3 fully saturated rings. The topological polar surface area (TPSA) is 75.0 Å². The van der Waals surface area contributed by atoms with E-state index in [9.17, 15) is 4.79 Å². The maximum atomic E-state index is 12.4. The summed E-state index contributed by atoms with van der Waals surface area (Å²) in [6.45, 7) is 17.3. The molecule has 0 amide bonds. The van der Waals surface area contributed by atoms with Crippen LogP contribution in [0, 0.1) is 12.5 Å². The molecule has 2 saturated heterocycles. The highest BCUT2D eigenvalue weighted by Gasteiger charge is 2.28. The number of hydrogen-bond donors (Lipinski definition) is 1. The number of piperidine rings is 2. The van der Waals surface area contributed by atoms with Crippen LogP contribution in [0.25, 0.3) is 4.85 Å². The molecule has 1 saturated carbocycles. The van der Waals surface area contributed by atoms with Crippen molar-refractivity contribution in [2.75, 3.05) is 36.4 Å². The molecular formula is C32H44N6O2. The van der Waals surface area contributed by atoms with Crippen LogP contribution in [0.1, 0.15) is 90.0 Å². The second kappa shape index (κ2) is 12.6. The fourth-order valence-corrected chi connectivity index (χ4v) is 6.59. The zero-order chi connectivity index (χ0) is 28.1. The van der Waals surface area contributed by atoms with Gasteiger partial charge in [0.05, 0.1) is 6.42 Å². The van der Waals surface area contributed by atoms with Crippen molar-refractivity contribution >= 4 is 29.1 Å². The molecule has 3 heterocycles. The second-order valence-corrected chi connectivity index (χ2v) is 12.8. The highest BCUT2D eigenvalue weighted by atomic mass is 16.6. The Kier molecular flexibility index (Phi) is 8.90. The first-order chi connectivity index (χ1) is 19.3. The Hall–Kier alpha value is -3.18. The fourth-order valence-electron chi connectivity index (χ4n) is 6.59. The van der Waals surface area contributed by atoms with E-state index in [1.165, 1.54) is 57.2 Å². The number of nitrogens with one attached hydrogen (secondary N) is 1. The van der Waals surface area contributed by atoms with Crippen LogP contribution in [-0.4, -0.2) is 58.7 Å². The minimum atomic E-state index is -0.474. The minimum absolute atomic E-state index is 0.154. The van der Waals surface area contributed by atoms with E-state index in [4.69, 9.17) is 16.3 Å². The first-order valence-electron chi connectivity index (χ1n) is 15.1. The van der Waals surface area contributed by atoms with Crippen LogP contribution >= 0.6 is 0 Å². The number of aromatic nitrogens is 2. The zero-order valence-corrected chi connectivity index (χ0v) is 24.4. The Balaban J connectivity index is 1.20. The average molecular weight is 545 g/mol. The second-order valence-electron chi connectivity index (χ2n) is 12.8. The van der Waals surface area contributed by atoms with Gasteiger partial charge in [-0.1, -0.05) is 31.5 Å². The van der Waals surface area contributed by atoms with E-state index >= 15 is 0 Å². The van der Waals surface area contributed by atoms with Crippen LogP contribution in [-0.2, 0) is 9.53 Å². The van der Waals surface area contributed by atoms with Crippen LogP contribution in [0.4, 0.5) is 23.1 Å². The quantitative estimate of drug-likeness (QED) is 0.302. The summed E-state index contributed by atoms with van der Waals surface area (Å²) in [7, 11) is 0. The van der Waals surface area contributed by atoms with Crippen LogP contribution in [0.2, 0.25) is 0 Å². The van der Waals surface area contributed by atoms with Gasteiger partial charge in [-0.25, -0.2) is 4.98 Å². The predicted octanol–water partition coefficient (Wildman–Crippen LogP) is 6.84. The summed E-state index contributed by atoms with van der Waals surface area (Å²) in [5.74, 6) is 2.13. The average Bonchev–Trinajstić information content (AvgIpc) is 3.48. The maximum absolute atomic E-state index is 12.4. The fraction of sp³-hybridized carbons (Fsp3) is 0.625. The van der Waals surface area contributed by atoms with Gasteiger partial charge in [0.2, 0.25) is 0 Å². The van der Waals surface area contributed by atoms with Crippen LogP contribution in [0.5, 0.6) is 0 Å². The van der Waals surface area contributed by atoms with Crippen molar-refractivity contribution in [1.29, 1.82) is 0 Å². The zero-order valence-electron chi connectivity index (χ0n) is 24.4. The van der Waals surface area contributed by atoms with Crippen molar-refractivity contribution in [2.24, 2.45) is 5.92 Å². The van der Waals surface area contributed by atoms with E-state index in [0.717, 1.165) is 43.5 Å². The normalized spacial score (nSPS) is 21.2. The van der Waals surface area contributed by atoms with E-state index in [1.807, 2.05) is 20.8 Å². The van der Waals surface area contributed by atoms with Gasteiger partial charge in [-0.3, -0.25) is 4.79 Å². The molecule has 0 bridgehead atoms. The lowest BCUT2D eigenvalue weighted by Gasteiger charge is -2.36. The molecule has 2 aromatic rings. The van der Waals surface area contributed by atoms with E-state index < -0.39 is 5.60 Å². The molecule has 5 rings (SSSR count). The van der Waals surface area contributed by atoms with Gasteiger partial charge in [0.25, 0.3) is 0 Å². The summed E-state index contributed by atoms with van der Waals surface area (Å²) in [6.07, 6.45) is 12.0. The van der Waals surface area contributed by atoms with Crippen LogP contribution < -0.4 is 10.2 Å². The summed E-state index contributed by atoms with van der Waals surface area (Å²) in [4.78, 5) is 30.1. The number of benzene rings is 1. The molecule has 8 nitrogen and oxygen atoms in total. The number of carbonyl (C=O) groups excluding carboxylic acids is 1. The van der Waals surface area contributed by atoms with Crippen LogP contribution in [0.3, 0.4) is 0 Å². The van der Waals surface area contributed by atoms with Gasteiger partial charge in [-0.2, -0.15) is 0 Å². The van der Waals surface area contributed by atoms with Gasteiger partial charge in [0, 0.05) is 24.8 Å². The first-order valence-corrected chi connectivity index (χ1v) is 15.1. The monoisotopic (exact) mass is 544 g/mol. The third-order valence-corrected chi connectivity index (χ3v) is 8.58. The van der Waals surface area contributed by atoms with E-state index in [-0.39, 0.29) is 17.7 Å². The first kappa shape index (κ1) is 28.4. The van der Waals surface area contributed by atoms with E-state index in [1.54, 1.807) is 6.20 Å². The van der Waals surface area contributed by atoms with Gasteiger partial charge in [0.1, 0.15) is 5.60 Å². The summed E-state index contributed by atoms with van der Waals surface area (Å²) in [6, 6.07) is 9.45. The van der Waals surface area contributed by atoms with E-state index in [0.29, 0.717) is 18.2 Å². The minimum Gasteiger partial charge on any atom is -0.460 e. The lowest BCUT2D eigenvalue weighted by Crippen LogP contribution is -2.39. The molecule has 0 radical (unpaired) electrons. The number of esters is 1. The molecular weight excluding hydrogens is 500 g/mol. The molecule has 1 aliphatic carbocycles. The number of likely N-dealkylation sites (tertiary alicyclic amines) is 1.